The van der Waals surface area contributed by atoms with Gasteiger partial charge >= 0.3 is 6.18 Å². The number of carbonyl (C=O) groups excluding carboxylic acids is 2. The predicted molar refractivity (Wildman–Crippen MR) is 110 cm³/mol. The first-order chi connectivity index (χ1) is 15.2. The van der Waals surface area contributed by atoms with E-state index in [0.29, 0.717) is 31.9 Å². The Labute approximate surface area is 185 Å². The van der Waals surface area contributed by atoms with Gasteiger partial charge < -0.3 is 14.8 Å². The number of carbonyl (C=O) groups is 2. The van der Waals surface area contributed by atoms with Gasteiger partial charge in [-0.2, -0.15) is 13.2 Å². The molecule has 2 amide bonds. The second kappa shape index (κ2) is 9.02. The minimum Gasteiger partial charge on any atom is -0.376 e. The predicted octanol–water partition coefficient (Wildman–Crippen LogP) is 3.75. The molecule has 0 aromatic heterocycles. The van der Waals surface area contributed by atoms with Crippen LogP contribution in [0.5, 0.6) is 0 Å². The Bertz CT molecular complexity index is 829. The SMILES string of the molecule is CC1CCC2(CC1)OC[C@H](C(=O)NC[C@@H]1CCCO1)N2C(=O)c1ccc(C(F)(F)F)cc1. The molecule has 1 aliphatic carbocycles. The summed E-state index contributed by atoms with van der Waals surface area (Å²) in [4.78, 5) is 28.0. The van der Waals surface area contributed by atoms with E-state index in [1.165, 1.54) is 17.0 Å². The van der Waals surface area contributed by atoms with Crippen molar-refractivity contribution in [3.8, 4) is 0 Å². The minimum atomic E-state index is -4.48. The summed E-state index contributed by atoms with van der Waals surface area (Å²) in [5, 5.41) is 2.88. The van der Waals surface area contributed by atoms with Crippen molar-refractivity contribution in [2.45, 2.75) is 69.5 Å². The number of hydrogen-bond donors (Lipinski definition) is 1. The van der Waals surface area contributed by atoms with Crippen LogP contribution in [-0.4, -0.2) is 54.3 Å². The van der Waals surface area contributed by atoms with E-state index in [9.17, 15) is 22.8 Å². The first-order valence-electron chi connectivity index (χ1n) is 11.2. The molecule has 0 radical (unpaired) electrons. The summed E-state index contributed by atoms with van der Waals surface area (Å²) in [6.45, 7) is 3.24. The normalized spacial score (nSPS) is 30.6. The number of amides is 2. The van der Waals surface area contributed by atoms with Crippen molar-refractivity contribution < 1.29 is 32.2 Å². The van der Waals surface area contributed by atoms with E-state index in [4.69, 9.17) is 9.47 Å². The number of benzene rings is 1. The Morgan fingerprint density at radius 2 is 1.84 bits per heavy atom. The summed E-state index contributed by atoms with van der Waals surface area (Å²) < 4.78 is 50.5. The number of halogens is 3. The van der Waals surface area contributed by atoms with Crippen molar-refractivity contribution in [1.29, 1.82) is 0 Å². The van der Waals surface area contributed by atoms with E-state index in [-0.39, 0.29) is 24.2 Å². The van der Waals surface area contributed by atoms with E-state index in [2.05, 4.69) is 12.2 Å². The van der Waals surface area contributed by atoms with Crippen LogP contribution in [0.3, 0.4) is 0 Å². The number of alkyl halides is 3. The van der Waals surface area contributed by atoms with Crippen molar-refractivity contribution >= 4 is 11.8 Å². The standard InChI is InChI=1S/C23H29F3N2O4/c1-15-8-10-22(11-9-15)28(21(30)16-4-6-17(7-5-16)23(24,25)26)19(14-32-22)20(29)27-13-18-3-2-12-31-18/h4-7,15,18-19H,2-3,8-14H2,1H3,(H,27,29)/t15?,18-,19+,22?/m0/s1. The van der Waals surface area contributed by atoms with Crippen molar-refractivity contribution in [2.24, 2.45) is 5.92 Å². The van der Waals surface area contributed by atoms with Crippen molar-refractivity contribution in [1.82, 2.24) is 10.2 Å². The third kappa shape index (κ3) is 4.64. The highest BCUT2D eigenvalue weighted by Crippen LogP contribution is 2.43. The summed E-state index contributed by atoms with van der Waals surface area (Å²) >= 11 is 0. The number of hydrogen-bond acceptors (Lipinski definition) is 4. The number of nitrogens with zero attached hydrogens (tertiary/aromatic N) is 1. The van der Waals surface area contributed by atoms with Crippen molar-refractivity contribution in [3.05, 3.63) is 35.4 Å². The zero-order valence-corrected chi connectivity index (χ0v) is 18.1. The second-order valence-corrected chi connectivity index (χ2v) is 9.09. The summed E-state index contributed by atoms with van der Waals surface area (Å²) in [5.41, 5.74) is -1.62. The first-order valence-corrected chi connectivity index (χ1v) is 11.2. The lowest BCUT2D eigenvalue weighted by Crippen LogP contribution is -2.57. The lowest BCUT2D eigenvalue weighted by molar-refractivity contribution is -0.137. The fraction of sp³-hybridized carbons (Fsp3) is 0.652. The molecule has 2 saturated heterocycles. The van der Waals surface area contributed by atoms with Crippen LogP contribution in [0.15, 0.2) is 24.3 Å². The average molecular weight is 454 g/mol. The Balaban J connectivity index is 1.56. The van der Waals surface area contributed by atoms with Crippen LogP contribution in [0.1, 0.15) is 61.4 Å². The van der Waals surface area contributed by atoms with Crippen LogP contribution in [0, 0.1) is 5.92 Å². The van der Waals surface area contributed by atoms with Gasteiger partial charge in [-0.3, -0.25) is 14.5 Å². The molecule has 2 aliphatic heterocycles. The Hall–Kier alpha value is -2.13. The lowest BCUT2D eigenvalue weighted by atomic mass is 9.83. The van der Waals surface area contributed by atoms with Crippen LogP contribution >= 0.6 is 0 Å². The van der Waals surface area contributed by atoms with E-state index < -0.39 is 29.4 Å². The third-order valence-electron chi connectivity index (χ3n) is 6.82. The zero-order valence-electron chi connectivity index (χ0n) is 18.1. The molecule has 9 heteroatoms. The topological polar surface area (TPSA) is 67.9 Å². The monoisotopic (exact) mass is 454 g/mol. The van der Waals surface area contributed by atoms with Gasteiger partial charge in [0, 0.05) is 18.7 Å². The highest BCUT2D eigenvalue weighted by atomic mass is 19.4. The Morgan fingerprint density at radius 1 is 1.16 bits per heavy atom. The number of rotatable bonds is 4. The molecule has 1 saturated carbocycles. The van der Waals surface area contributed by atoms with E-state index in [1.807, 2.05) is 0 Å². The molecule has 2 heterocycles. The van der Waals surface area contributed by atoms with Gasteiger partial charge in [-0.1, -0.05) is 6.92 Å². The Kier molecular flexibility index (Phi) is 6.49. The van der Waals surface area contributed by atoms with Crippen molar-refractivity contribution in [2.75, 3.05) is 19.8 Å². The van der Waals surface area contributed by atoms with Crippen LogP contribution in [0.25, 0.3) is 0 Å². The molecule has 2 atom stereocenters. The van der Waals surface area contributed by atoms with Gasteiger partial charge in [0.25, 0.3) is 5.91 Å². The molecule has 1 N–H and O–H groups in total. The van der Waals surface area contributed by atoms with Gasteiger partial charge in [0.05, 0.1) is 18.3 Å². The van der Waals surface area contributed by atoms with Gasteiger partial charge in [-0.05, 0) is 68.7 Å². The van der Waals surface area contributed by atoms with Gasteiger partial charge in [0.15, 0.2) is 0 Å². The van der Waals surface area contributed by atoms with Gasteiger partial charge in [0.2, 0.25) is 5.91 Å². The van der Waals surface area contributed by atoms with Crippen LogP contribution in [-0.2, 0) is 20.4 Å². The summed E-state index contributed by atoms with van der Waals surface area (Å²) in [6, 6.07) is 3.30. The summed E-state index contributed by atoms with van der Waals surface area (Å²) in [7, 11) is 0. The molecule has 176 valence electrons. The smallest absolute Gasteiger partial charge is 0.376 e. The zero-order chi connectivity index (χ0) is 22.9. The van der Waals surface area contributed by atoms with Crippen LogP contribution < -0.4 is 5.32 Å². The third-order valence-corrected chi connectivity index (χ3v) is 6.82. The van der Waals surface area contributed by atoms with Crippen molar-refractivity contribution in [3.63, 3.8) is 0 Å². The summed E-state index contributed by atoms with van der Waals surface area (Å²) in [5.74, 6) is -0.320. The van der Waals surface area contributed by atoms with Gasteiger partial charge in [-0.15, -0.1) is 0 Å². The molecule has 4 rings (SSSR count). The number of nitrogens with one attached hydrogen (secondary N) is 1. The highest BCUT2D eigenvalue weighted by Gasteiger charge is 2.53. The molecule has 0 unspecified atom stereocenters. The molecule has 6 nitrogen and oxygen atoms in total. The number of ether oxygens (including phenoxy) is 2. The summed E-state index contributed by atoms with van der Waals surface area (Å²) in [6.07, 6.45) is 0.187. The largest absolute Gasteiger partial charge is 0.416 e. The fourth-order valence-corrected chi connectivity index (χ4v) is 4.86. The first kappa shape index (κ1) is 23.0. The molecule has 3 aliphatic rings. The fourth-order valence-electron chi connectivity index (χ4n) is 4.86. The van der Waals surface area contributed by atoms with E-state index in [1.54, 1.807) is 0 Å². The molecule has 0 bridgehead atoms. The molecular weight excluding hydrogens is 425 g/mol. The maximum absolute atomic E-state index is 13.5. The minimum absolute atomic E-state index is 0.0372. The molecule has 3 fully saturated rings. The Morgan fingerprint density at radius 3 is 2.44 bits per heavy atom. The van der Waals surface area contributed by atoms with Crippen LogP contribution in [0.2, 0.25) is 0 Å². The van der Waals surface area contributed by atoms with Crippen LogP contribution in [0.4, 0.5) is 13.2 Å². The quantitative estimate of drug-likeness (QED) is 0.753. The molecule has 1 aromatic rings. The average Bonchev–Trinajstić information content (AvgIpc) is 3.42. The maximum atomic E-state index is 13.5. The van der Waals surface area contributed by atoms with Gasteiger partial charge in [0.1, 0.15) is 11.8 Å². The molecule has 32 heavy (non-hydrogen) atoms. The molecule has 1 spiro atoms. The second-order valence-electron chi connectivity index (χ2n) is 9.09. The maximum Gasteiger partial charge on any atom is 0.416 e. The molecule has 1 aromatic carbocycles. The van der Waals surface area contributed by atoms with Gasteiger partial charge in [-0.25, -0.2) is 0 Å². The molecular formula is C23H29F3N2O4. The van der Waals surface area contributed by atoms with E-state index >= 15 is 0 Å². The van der Waals surface area contributed by atoms with E-state index in [0.717, 1.165) is 37.8 Å². The highest BCUT2D eigenvalue weighted by molar-refractivity contribution is 5.98. The lowest BCUT2D eigenvalue weighted by Gasteiger charge is -2.43.